The zero-order chi connectivity index (χ0) is 21.4. The van der Waals surface area contributed by atoms with Gasteiger partial charge in [-0.15, -0.1) is 5.10 Å². The number of aromatic nitrogens is 6. The molecule has 1 aliphatic rings. The van der Waals surface area contributed by atoms with E-state index in [0.717, 1.165) is 24.7 Å². The van der Waals surface area contributed by atoms with Crippen molar-refractivity contribution in [1.82, 2.24) is 29.5 Å². The highest BCUT2D eigenvalue weighted by molar-refractivity contribution is 5.60. The van der Waals surface area contributed by atoms with Crippen molar-refractivity contribution in [3.05, 3.63) is 70.4 Å². The summed E-state index contributed by atoms with van der Waals surface area (Å²) in [5.41, 5.74) is 2.83. The second-order valence-corrected chi connectivity index (χ2v) is 7.43. The molecule has 31 heavy (non-hydrogen) atoms. The lowest BCUT2D eigenvalue weighted by molar-refractivity contribution is 0.298. The highest BCUT2D eigenvalue weighted by Gasteiger charge is 2.30. The minimum Gasteiger partial charge on any atom is -0.396 e. The fourth-order valence-electron chi connectivity index (χ4n) is 4.07. The summed E-state index contributed by atoms with van der Waals surface area (Å²) >= 11 is 0. The predicted molar refractivity (Wildman–Crippen MR) is 111 cm³/mol. The van der Waals surface area contributed by atoms with Crippen LogP contribution in [0.1, 0.15) is 30.1 Å². The number of H-pyrrole nitrogens is 1. The lowest BCUT2D eigenvalue weighted by atomic mass is 10.1. The van der Waals surface area contributed by atoms with Crippen LogP contribution in [0.4, 0.5) is 10.2 Å². The molecule has 158 valence electrons. The smallest absolute Gasteiger partial charge is 0.253 e. The van der Waals surface area contributed by atoms with Crippen LogP contribution in [0.25, 0.3) is 17.0 Å². The van der Waals surface area contributed by atoms with E-state index in [9.17, 15) is 14.3 Å². The number of rotatable bonds is 5. The van der Waals surface area contributed by atoms with Gasteiger partial charge in [0.15, 0.2) is 5.65 Å². The van der Waals surface area contributed by atoms with Crippen LogP contribution in [0, 0.1) is 5.82 Å². The molecule has 5 heterocycles. The molecule has 9 nitrogen and oxygen atoms in total. The number of nitrogens with one attached hydrogen (secondary N) is 1. The topological polar surface area (TPSA) is 112 Å². The first-order valence-electron chi connectivity index (χ1n) is 10.1. The normalized spacial score (nSPS) is 16.3. The van der Waals surface area contributed by atoms with E-state index in [4.69, 9.17) is 5.10 Å². The number of hydrogen-bond donors (Lipinski definition) is 2. The van der Waals surface area contributed by atoms with Crippen molar-refractivity contribution in [3.63, 3.8) is 0 Å². The monoisotopic (exact) mass is 421 g/mol. The highest BCUT2D eigenvalue weighted by Crippen LogP contribution is 2.34. The van der Waals surface area contributed by atoms with Crippen LogP contribution in [0.5, 0.6) is 0 Å². The molecule has 4 aromatic rings. The van der Waals surface area contributed by atoms with E-state index in [1.54, 1.807) is 16.8 Å². The maximum atomic E-state index is 13.8. The Labute approximate surface area is 176 Å². The summed E-state index contributed by atoms with van der Waals surface area (Å²) in [5, 5.41) is 13.9. The highest BCUT2D eigenvalue weighted by atomic mass is 19.1. The molecule has 2 N–H and O–H groups in total. The first-order valence-corrected chi connectivity index (χ1v) is 10.1. The number of anilines is 1. The van der Waals surface area contributed by atoms with Crippen LogP contribution < -0.4 is 10.5 Å². The Kier molecular flexibility index (Phi) is 4.91. The molecule has 0 unspecified atom stereocenters. The molecule has 0 radical (unpaired) electrons. The number of imidazole rings is 1. The summed E-state index contributed by atoms with van der Waals surface area (Å²) < 4.78 is 15.5. The Balaban J connectivity index is 1.55. The molecule has 0 aliphatic carbocycles. The molecule has 0 amide bonds. The van der Waals surface area contributed by atoms with Gasteiger partial charge in [-0.05, 0) is 37.1 Å². The Hall–Kier alpha value is -3.66. The second kappa shape index (κ2) is 7.88. The number of fused-ring (bicyclic) bond motifs is 1. The molecule has 4 aromatic heterocycles. The number of nitrogens with zero attached hydrogens (tertiary/aromatic N) is 6. The molecule has 0 bridgehead atoms. The predicted octanol–water partition coefficient (Wildman–Crippen LogP) is 1.89. The molecule has 0 saturated carbocycles. The van der Waals surface area contributed by atoms with Gasteiger partial charge in [0.2, 0.25) is 0 Å². The fourth-order valence-corrected chi connectivity index (χ4v) is 4.07. The number of halogens is 1. The van der Waals surface area contributed by atoms with E-state index in [-0.39, 0.29) is 18.2 Å². The van der Waals surface area contributed by atoms with Crippen LogP contribution in [0.3, 0.4) is 0 Å². The van der Waals surface area contributed by atoms with Crippen LogP contribution in [0.15, 0.2) is 47.8 Å². The minimum absolute atomic E-state index is 0.00155. The van der Waals surface area contributed by atoms with Gasteiger partial charge in [0.25, 0.3) is 5.56 Å². The number of aliphatic hydroxyl groups excluding tert-OH is 1. The quantitative estimate of drug-likeness (QED) is 0.506. The first kappa shape index (κ1) is 19.3. The van der Waals surface area contributed by atoms with Gasteiger partial charge in [-0.2, -0.15) is 0 Å². The van der Waals surface area contributed by atoms with Gasteiger partial charge in [-0.1, -0.05) is 0 Å². The molecule has 0 aromatic carbocycles. The number of aliphatic hydroxyl groups is 1. The Morgan fingerprint density at radius 2 is 2.13 bits per heavy atom. The SMILES string of the molecule is O=c1[nH]cc(F)cc1[C@H]1CCCN1c1ccc2ncc(-c3cc(CCO)ncn3)n2n1. The van der Waals surface area contributed by atoms with E-state index >= 15 is 0 Å². The molecule has 1 atom stereocenters. The van der Waals surface area contributed by atoms with E-state index in [0.29, 0.717) is 41.4 Å². The van der Waals surface area contributed by atoms with Crippen LogP contribution in [-0.4, -0.2) is 47.8 Å². The molecule has 1 aliphatic heterocycles. The van der Waals surface area contributed by atoms with Gasteiger partial charge >= 0.3 is 0 Å². The molecule has 1 fully saturated rings. The second-order valence-electron chi connectivity index (χ2n) is 7.43. The van der Waals surface area contributed by atoms with E-state index in [1.807, 2.05) is 17.0 Å². The molecular formula is C21H20FN7O2. The largest absolute Gasteiger partial charge is 0.396 e. The standard InChI is InChI=1S/C21H20FN7O2/c22-13-8-15(21(31)24-10-13)17-2-1-6-28(17)20-4-3-19-23-11-18(29(19)27-20)16-9-14(5-7-30)25-12-26-16/h3-4,8-12,17,30H,1-2,5-7H2,(H,24,31)/t17-/m1/s1. The summed E-state index contributed by atoms with van der Waals surface area (Å²) in [5.74, 6) is 0.201. The first-order chi connectivity index (χ1) is 15.1. The summed E-state index contributed by atoms with van der Waals surface area (Å²) in [6.45, 7) is 0.707. The van der Waals surface area contributed by atoms with Crippen molar-refractivity contribution >= 4 is 11.5 Å². The average molecular weight is 421 g/mol. The molecule has 5 rings (SSSR count). The summed E-state index contributed by atoms with van der Waals surface area (Å²) in [6, 6.07) is 6.56. The van der Waals surface area contributed by atoms with E-state index in [2.05, 4.69) is 19.9 Å². The average Bonchev–Trinajstić information content (AvgIpc) is 3.42. The zero-order valence-corrected chi connectivity index (χ0v) is 16.6. The summed E-state index contributed by atoms with van der Waals surface area (Å²) in [7, 11) is 0. The van der Waals surface area contributed by atoms with Gasteiger partial charge in [-0.25, -0.2) is 23.9 Å². The number of aromatic amines is 1. The Morgan fingerprint density at radius 3 is 3.00 bits per heavy atom. The van der Waals surface area contributed by atoms with Crippen LogP contribution in [-0.2, 0) is 6.42 Å². The third kappa shape index (κ3) is 3.55. The van der Waals surface area contributed by atoms with Crippen molar-refractivity contribution in [3.8, 4) is 11.4 Å². The number of pyridine rings is 1. The van der Waals surface area contributed by atoms with Gasteiger partial charge < -0.3 is 15.0 Å². The van der Waals surface area contributed by atoms with Gasteiger partial charge in [0.1, 0.15) is 23.7 Å². The molecular weight excluding hydrogens is 401 g/mol. The molecule has 0 spiro atoms. The zero-order valence-electron chi connectivity index (χ0n) is 16.6. The lowest BCUT2D eigenvalue weighted by Gasteiger charge is -2.25. The lowest BCUT2D eigenvalue weighted by Crippen LogP contribution is -2.29. The molecule has 1 saturated heterocycles. The van der Waals surface area contributed by atoms with Crippen molar-refractivity contribution in [2.24, 2.45) is 0 Å². The van der Waals surface area contributed by atoms with Crippen molar-refractivity contribution < 1.29 is 9.50 Å². The Morgan fingerprint density at radius 1 is 1.23 bits per heavy atom. The van der Waals surface area contributed by atoms with Crippen LogP contribution in [0.2, 0.25) is 0 Å². The van der Waals surface area contributed by atoms with Gasteiger partial charge in [0.05, 0.1) is 17.9 Å². The summed E-state index contributed by atoms with van der Waals surface area (Å²) in [4.78, 5) is 29.7. The maximum absolute atomic E-state index is 13.8. The van der Waals surface area contributed by atoms with Gasteiger partial charge in [0, 0.05) is 37.0 Å². The van der Waals surface area contributed by atoms with E-state index in [1.165, 1.54) is 12.4 Å². The Bertz CT molecular complexity index is 1300. The third-order valence-corrected chi connectivity index (χ3v) is 5.51. The van der Waals surface area contributed by atoms with Gasteiger partial charge in [-0.3, -0.25) is 4.79 Å². The van der Waals surface area contributed by atoms with Crippen molar-refractivity contribution in [2.75, 3.05) is 18.1 Å². The molecule has 10 heteroatoms. The number of hydrogen-bond acceptors (Lipinski definition) is 7. The maximum Gasteiger partial charge on any atom is 0.253 e. The van der Waals surface area contributed by atoms with E-state index < -0.39 is 5.82 Å². The van der Waals surface area contributed by atoms with Crippen molar-refractivity contribution in [1.29, 1.82) is 0 Å². The van der Waals surface area contributed by atoms with Crippen molar-refractivity contribution in [2.45, 2.75) is 25.3 Å². The minimum atomic E-state index is -0.468. The summed E-state index contributed by atoms with van der Waals surface area (Å²) in [6.07, 6.45) is 6.25. The third-order valence-electron chi connectivity index (χ3n) is 5.51. The fraction of sp³-hybridized carbons (Fsp3) is 0.286. The van der Waals surface area contributed by atoms with Crippen LogP contribution >= 0.6 is 0 Å².